The number of ether oxygens (including phenoxy) is 2. The van der Waals surface area contributed by atoms with Crippen molar-refractivity contribution in [3.05, 3.63) is 46.5 Å². The summed E-state index contributed by atoms with van der Waals surface area (Å²) in [6.07, 6.45) is 0. The molecule has 0 aromatic heterocycles. The fraction of sp³-hybridized carbons (Fsp3) is 0.385. The zero-order chi connectivity index (χ0) is 30.6. The van der Waals surface area contributed by atoms with Gasteiger partial charge >= 0.3 is 11.9 Å². The molecule has 0 unspecified atom stereocenters. The lowest BCUT2D eigenvalue weighted by Crippen LogP contribution is -2.32. The number of esters is 2. The SMILES string of the molecule is CN(C)CCNC(=O)c1ccc(C(=O)NCCN(C)C)c(O)c1O.COC(=O)c1ccc(C(=O)OC)c(O)c1O. The van der Waals surface area contributed by atoms with Crippen molar-refractivity contribution in [3.63, 3.8) is 0 Å². The number of carbonyl (C=O) groups excluding carboxylic acids is 4. The number of carbonyl (C=O) groups is 4. The van der Waals surface area contributed by atoms with Crippen molar-refractivity contribution in [1.82, 2.24) is 20.4 Å². The molecule has 2 rings (SSSR count). The Morgan fingerprint density at radius 2 is 0.875 bits per heavy atom. The Kier molecular flexibility index (Phi) is 13.2. The van der Waals surface area contributed by atoms with Crippen LogP contribution in [0, 0.1) is 0 Å². The van der Waals surface area contributed by atoms with Crippen molar-refractivity contribution in [3.8, 4) is 23.0 Å². The minimum absolute atomic E-state index is 0.0731. The van der Waals surface area contributed by atoms with Crippen LogP contribution in [-0.4, -0.2) is 123 Å². The van der Waals surface area contributed by atoms with Crippen molar-refractivity contribution >= 4 is 23.8 Å². The summed E-state index contributed by atoms with van der Waals surface area (Å²) in [7, 11) is 9.76. The minimum Gasteiger partial charge on any atom is -0.504 e. The van der Waals surface area contributed by atoms with Crippen LogP contribution >= 0.6 is 0 Å². The summed E-state index contributed by atoms with van der Waals surface area (Å²) < 4.78 is 8.75. The maximum atomic E-state index is 12.0. The Balaban J connectivity index is 0.000000433. The highest BCUT2D eigenvalue weighted by Crippen LogP contribution is 2.34. The van der Waals surface area contributed by atoms with E-state index in [1.54, 1.807) is 0 Å². The quantitative estimate of drug-likeness (QED) is 0.171. The molecule has 0 atom stereocenters. The summed E-state index contributed by atoms with van der Waals surface area (Å²) in [5, 5.41) is 44.2. The molecule has 2 amide bonds. The summed E-state index contributed by atoms with van der Waals surface area (Å²) in [5.41, 5.74) is -0.604. The van der Waals surface area contributed by atoms with E-state index < -0.39 is 46.8 Å². The number of phenols is 4. The highest BCUT2D eigenvalue weighted by atomic mass is 16.5. The molecule has 2 aromatic carbocycles. The number of aromatic hydroxyl groups is 4. The van der Waals surface area contributed by atoms with Gasteiger partial charge in [-0.3, -0.25) is 9.59 Å². The molecule has 0 aliphatic carbocycles. The zero-order valence-corrected chi connectivity index (χ0v) is 23.3. The van der Waals surface area contributed by atoms with Gasteiger partial charge in [-0.25, -0.2) is 9.59 Å². The van der Waals surface area contributed by atoms with E-state index in [9.17, 15) is 39.6 Å². The van der Waals surface area contributed by atoms with Gasteiger partial charge in [-0.2, -0.15) is 0 Å². The van der Waals surface area contributed by atoms with Gasteiger partial charge in [0, 0.05) is 26.2 Å². The van der Waals surface area contributed by atoms with Gasteiger partial charge in [-0.15, -0.1) is 0 Å². The van der Waals surface area contributed by atoms with Crippen LogP contribution in [0.2, 0.25) is 0 Å². The third-order valence-electron chi connectivity index (χ3n) is 5.29. The lowest BCUT2D eigenvalue weighted by Gasteiger charge is -2.14. The summed E-state index contributed by atoms with van der Waals surface area (Å²) in [5.74, 6) is -5.28. The molecule has 0 spiro atoms. The van der Waals surface area contributed by atoms with Crippen molar-refractivity contribution < 1.29 is 49.1 Å². The molecule has 220 valence electrons. The van der Waals surface area contributed by atoms with E-state index in [2.05, 4.69) is 20.1 Å². The zero-order valence-electron chi connectivity index (χ0n) is 23.3. The smallest absolute Gasteiger partial charge is 0.341 e. The predicted octanol–water partition coefficient (Wildman–Crippen LogP) is 0.352. The first-order chi connectivity index (χ1) is 18.8. The van der Waals surface area contributed by atoms with Gasteiger partial charge in [0.15, 0.2) is 23.0 Å². The lowest BCUT2D eigenvalue weighted by molar-refractivity contribution is 0.0580. The van der Waals surface area contributed by atoms with Crippen molar-refractivity contribution in [1.29, 1.82) is 0 Å². The van der Waals surface area contributed by atoms with Crippen LogP contribution in [0.1, 0.15) is 41.4 Å². The normalized spacial score (nSPS) is 10.4. The number of amides is 2. The number of rotatable bonds is 10. The molecule has 0 aliphatic heterocycles. The molecule has 0 radical (unpaired) electrons. The number of methoxy groups -OCH3 is 2. The Morgan fingerprint density at radius 3 is 1.15 bits per heavy atom. The van der Waals surface area contributed by atoms with Crippen LogP contribution in [0.4, 0.5) is 0 Å². The molecule has 0 saturated carbocycles. The summed E-state index contributed by atoms with van der Waals surface area (Å²) in [4.78, 5) is 50.1. The molecule has 2 aromatic rings. The second-order valence-electron chi connectivity index (χ2n) is 8.82. The molecule has 0 fully saturated rings. The second-order valence-corrected chi connectivity index (χ2v) is 8.82. The van der Waals surface area contributed by atoms with Crippen molar-refractivity contribution in [2.75, 3.05) is 68.6 Å². The van der Waals surface area contributed by atoms with Gasteiger partial charge in [0.05, 0.1) is 25.3 Å². The summed E-state index contributed by atoms with van der Waals surface area (Å²) in [6, 6.07) is 4.96. The van der Waals surface area contributed by atoms with Crippen molar-refractivity contribution in [2.45, 2.75) is 0 Å². The molecule has 40 heavy (non-hydrogen) atoms. The summed E-state index contributed by atoms with van der Waals surface area (Å²) in [6.45, 7) is 2.09. The molecular formula is C26H36N4O10. The molecule has 6 N–H and O–H groups in total. The molecule has 14 heteroatoms. The number of benzene rings is 2. The standard InChI is InChI=1S/C16H26N4O4.C10H10O6/c1-19(2)9-7-17-15(23)11-5-6-12(14(22)13(11)21)16(24)18-8-10-20(3)4;1-15-9(13)5-3-4-6(10(14)16-2)8(12)7(5)11/h5-6,21-22H,7-10H2,1-4H3,(H,17,23)(H,18,24);3-4,11-12H,1-2H3. The average Bonchev–Trinajstić information content (AvgIpc) is 2.90. The van der Waals surface area contributed by atoms with E-state index in [1.165, 1.54) is 12.1 Å². The maximum absolute atomic E-state index is 12.0. The first-order valence-electron chi connectivity index (χ1n) is 11.9. The lowest BCUT2D eigenvalue weighted by atomic mass is 10.1. The van der Waals surface area contributed by atoms with E-state index >= 15 is 0 Å². The van der Waals surface area contributed by atoms with E-state index in [4.69, 9.17) is 0 Å². The first kappa shape index (κ1) is 33.5. The van der Waals surface area contributed by atoms with E-state index in [1.807, 2.05) is 38.0 Å². The van der Waals surface area contributed by atoms with Gasteiger partial charge in [-0.1, -0.05) is 0 Å². The average molecular weight is 565 g/mol. The number of likely N-dealkylation sites (N-methyl/N-ethyl adjacent to an activating group) is 2. The Hall–Kier alpha value is -4.56. The molecular weight excluding hydrogens is 528 g/mol. The number of nitrogens with zero attached hydrogens (tertiary/aromatic N) is 2. The highest BCUT2D eigenvalue weighted by molar-refractivity contribution is 6.03. The topological polar surface area (TPSA) is 198 Å². The number of nitrogens with one attached hydrogen (secondary N) is 2. The van der Waals surface area contributed by atoms with E-state index in [0.29, 0.717) is 26.2 Å². The van der Waals surface area contributed by atoms with Gasteiger partial charge in [-0.05, 0) is 52.5 Å². The van der Waals surface area contributed by atoms with Gasteiger partial charge in [0.1, 0.15) is 11.1 Å². The van der Waals surface area contributed by atoms with Crippen LogP contribution in [0.15, 0.2) is 24.3 Å². The Bertz CT molecular complexity index is 1120. The van der Waals surface area contributed by atoms with Crippen LogP contribution in [0.3, 0.4) is 0 Å². The largest absolute Gasteiger partial charge is 0.504 e. The first-order valence-corrected chi connectivity index (χ1v) is 11.9. The fourth-order valence-corrected chi connectivity index (χ4v) is 3.05. The van der Waals surface area contributed by atoms with Crippen LogP contribution in [0.25, 0.3) is 0 Å². The van der Waals surface area contributed by atoms with Gasteiger partial charge in [0.2, 0.25) is 0 Å². The van der Waals surface area contributed by atoms with Crippen LogP contribution in [0.5, 0.6) is 23.0 Å². The molecule has 14 nitrogen and oxygen atoms in total. The molecule has 0 bridgehead atoms. The number of hydrogen-bond acceptors (Lipinski definition) is 12. The second kappa shape index (κ2) is 15.8. The third-order valence-corrected chi connectivity index (χ3v) is 5.29. The molecule has 0 saturated heterocycles. The van der Waals surface area contributed by atoms with E-state index in [-0.39, 0.29) is 22.3 Å². The maximum Gasteiger partial charge on any atom is 0.341 e. The number of hydrogen-bond donors (Lipinski definition) is 6. The van der Waals surface area contributed by atoms with Gasteiger partial charge in [0.25, 0.3) is 11.8 Å². The Labute approximate surface area is 231 Å². The van der Waals surface area contributed by atoms with Crippen LogP contribution in [-0.2, 0) is 9.47 Å². The predicted molar refractivity (Wildman–Crippen MR) is 144 cm³/mol. The number of phenolic OH excluding ortho intramolecular Hbond substituents is 4. The monoisotopic (exact) mass is 564 g/mol. The van der Waals surface area contributed by atoms with Crippen molar-refractivity contribution in [2.24, 2.45) is 0 Å². The van der Waals surface area contributed by atoms with E-state index in [0.717, 1.165) is 26.4 Å². The van der Waals surface area contributed by atoms with Crippen LogP contribution < -0.4 is 10.6 Å². The minimum atomic E-state index is -0.816. The highest BCUT2D eigenvalue weighted by Gasteiger charge is 2.22. The summed E-state index contributed by atoms with van der Waals surface area (Å²) >= 11 is 0. The third kappa shape index (κ3) is 9.32. The molecule has 0 aliphatic rings. The fourth-order valence-electron chi connectivity index (χ4n) is 3.05. The molecule has 0 heterocycles. The Morgan fingerprint density at radius 1 is 0.600 bits per heavy atom. The van der Waals surface area contributed by atoms with Gasteiger partial charge < -0.3 is 50.3 Å².